The maximum atomic E-state index is 13.1. The lowest BCUT2D eigenvalue weighted by Gasteiger charge is -2.38. The van der Waals surface area contributed by atoms with Crippen LogP contribution in [0.3, 0.4) is 0 Å². The summed E-state index contributed by atoms with van der Waals surface area (Å²) in [6, 6.07) is 14.8. The van der Waals surface area contributed by atoms with Gasteiger partial charge in [0.15, 0.2) is 9.84 Å². The average Bonchev–Trinajstić information content (AvgIpc) is 3.02. The molecule has 2 heterocycles. The van der Waals surface area contributed by atoms with E-state index in [1.165, 1.54) is 7.11 Å². The van der Waals surface area contributed by atoms with Crippen molar-refractivity contribution in [2.75, 3.05) is 7.11 Å². The molecule has 0 aliphatic carbocycles. The number of hydrogen-bond donors (Lipinski definition) is 0. The van der Waals surface area contributed by atoms with E-state index in [-0.39, 0.29) is 18.0 Å². The Hall–Kier alpha value is -2.67. The molecule has 0 spiro atoms. The lowest BCUT2D eigenvalue weighted by molar-refractivity contribution is 0.0586. The second kappa shape index (κ2) is 7.63. The van der Waals surface area contributed by atoms with Gasteiger partial charge in [0, 0.05) is 17.6 Å². The van der Waals surface area contributed by atoms with Crippen LogP contribution in [0, 0.1) is 0 Å². The third-order valence-electron chi connectivity index (χ3n) is 5.99. The number of amides is 1. The van der Waals surface area contributed by atoms with Crippen molar-refractivity contribution in [2.45, 2.75) is 47.9 Å². The van der Waals surface area contributed by atoms with E-state index in [0.717, 1.165) is 12.8 Å². The molecule has 4 rings (SSSR count). The number of methoxy groups -OCH3 is 1. The van der Waals surface area contributed by atoms with E-state index in [1.807, 2.05) is 4.90 Å². The van der Waals surface area contributed by atoms with Crippen molar-refractivity contribution in [1.29, 1.82) is 0 Å². The Bertz CT molecular complexity index is 1000. The van der Waals surface area contributed by atoms with E-state index >= 15 is 0 Å². The van der Waals surface area contributed by atoms with Gasteiger partial charge in [-0.2, -0.15) is 0 Å². The van der Waals surface area contributed by atoms with Crippen molar-refractivity contribution in [2.24, 2.45) is 0 Å². The van der Waals surface area contributed by atoms with Gasteiger partial charge in [-0.15, -0.1) is 0 Å². The van der Waals surface area contributed by atoms with E-state index in [9.17, 15) is 18.0 Å². The third kappa shape index (κ3) is 3.55. The predicted molar refractivity (Wildman–Crippen MR) is 107 cm³/mol. The van der Waals surface area contributed by atoms with Gasteiger partial charge < -0.3 is 9.64 Å². The van der Waals surface area contributed by atoms with Crippen LogP contribution in [0.25, 0.3) is 0 Å². The monoisotopic (exact) mass is 413 g/mol. The number of benzene rings is 2. The summed E-state index contributed by atoms with van der Waals surface area (Å²) < 4.78 is 30.8. The number of esters is 1. The number of fused-ring (bicyclic) bond motifs is 2. The van der Waals surface area contributed by atoms with E-state index in [2.05, 4.69) is 4.74 Å². The maximum Gasteiger partial charge on any atom is 0.337 e. The highest BCUT2D eigenvalue weighted by atomic mass is 32.2. The van der Waals surface area contributed by atoms with Crippen LogP contribution < -0.4 is 0 Å². The SMILES string of the molecule is COC(=O)c1ccc(C(=O)N2C3CCC2CC(S(=O)(=O)c2ccccc2)C3)cc1. The quantitative estimate of drug-likeness (QED) is 0.720. The van der Waals surface area contributed by atoms with E-state index in [0.29, 0.717) is 28.9 Å². The molecule has 2 aliphatic rings. The number of piperidine rings is 1. The van der Waals surface area contributed by atoms with Crippen LogP contribution in [0.1, 0.15) is 46.4 Å². The molecule has 7 heteroatoms. The normalized spacial score (nSPS) is 23.6. The molecule has 2 bridgehead atoms. The van der Waals surface area contributed by atoms with Crippen LogP contribution in [-0.4, -0.2) is 49.6 Å². The number of hydrogen-bond acceptors (Lipinski definition) is 5. The smallest absolute Gasteiger partial charge is 0.337 e. The second-order valence-electron chi connectivity index (χ2n) is 7.62. The predicted octanol–water partition coefficient (Wildman–Crippen LogP) is 3.08. The van der Waals surface area contributed by atoms with Crippen LogP contribution in [0.2, 0.25) is 0 Å². The molecule has 2 saturated heterocycles. The number of rotatable bonds is 4. The van der Waals surface area contributed by atoms with E-state index in [4.69, 9.17) is 0 Å². The molecule has 2 aliphatic heterocycles. The standard InChI is InChI=1S/C22H23NO5S/c1-28-22(25)16-9-7-15(8-10-16)21(24)23-17-11-12-18(23)14-20(13-17)29(26,27)19-5-3-2-4-6-19/h2-10,17-18,20H,11-14H2,1H3. The number of nitrogens with zero attached hydrogens (tertiary/aromatic N) is 1. The fourth-order valence-corrected chi connectivity index (χ4v) is 6.40. The molecule has 0 N–H and O–H groups in total. The first kappa shape index (κ1) is 19.6. The molecule has 2 fully saturated rings. The largest absolute Gasteiger partial charge is 0.465 e. The highest BCUT2D eigenvalue weighted by molar-refractivity contribution is 7.92. The van der Waals surface area contributed by atoms with Crippen molar-refractivity contribution in [3.63, 3.8) is 0 Å². The Kier molecular flexibility index (Phi) is 5.17. The van der Waals surface area contributed by atoms with Crippen LogP contribution in [0.15, 0.2) is 59.5 Å². The van der Waals surface area contributed by atoms with Gasteiger partial charge in [0.1, 0.15) is 0 Å². The average molecular weight is 413 g/mol. The summed E-state index contributed by atoms with van der Waals surface area (Å²) in [5, 5.41) is -0.465. The third-order valence-corrected chi connectivity index (χ3v) is 8.18. The van der Waals surface area contributed by atoms with Crippen molar-refractivity contribution in [3.8, 4) is 0 Å². The van der Waals surface area contributed by atoms with Gasteiger partial charge >= 0.3 is 5.97 Å². The Balaban J connectivity index is 1.52. The van der Waals surface area contributed by atoms with Gasteiger partial charge in [0.25, 0.3) is 5.91 Å². The maximum absolute atomic E-state index is 13.1. The van der Waals surface area contributed by atoms with Crippen molar-refractivity contribution in [3.05, 3.63) is 65.7 Å². The Morgan fingerprint density at radius 3 is 2.00 bits per heavy atom. The zero-order chi connectivity index (χ0) is 20.6. The van der Waals surface area contributed by atoms with Gasteiger partial charge in [-0.3, -0.25) is 4.79 Å². The van der Waals surface area contributed by atoms with Gasteiger partial charge in [-0.05, 0) is 62.1 Å². The molecule has 29 heavy (non-hydrogen) atoms. The minimum absolute atomic E-state index is 0.0787. The molecule has 0 radical (unpaired) electrons. The minimum atomic E-state index is -3.41. The molecule has 0 aromatic heterocycles. The molecular formula is C22H23NO5S. The van der Waals surface area contributed by atoms with Crippen LogP contribution in [0.4, 0.5) is 0 Å². The topological polar surface area (TPSA) is 80.8 Å². The fourth-order valence-electron chi connectivity index (χ4n) is 4.53. The molecule has 0 saturated carbocycles. The summed E-state index contributed by atoms with van der Waals surface area (Å²) in [5.74, 6) is -0.555. The molecule has 2 aromatic rings. The molecule has 2 aromatic carbocycles. The van der Waals surface area contributed by atoms with Crippen molar-refractivity contribution >= 4 is 21.7 Å². The van der Waals surface area contributed by atoms with Crippen LogP contribution in [0.5, 0.6) is 0 Å². The van der Waals surface area contributed by atoms with E-state index in [1.54, 1.807) is 54.6 Å². The number of carbonyl (C=O) groups is 2. The van der Waals surface area contributed by atoms with Crippen LogP contribution >= 0.6 is 0 Å². The Labute approximate surface area is 170 Å². The Morgan fingerprint density at radius 2 is 1.45 bits per heavy atom. The van der Waals surface area contributed by atoms with Crippen LogP contribution in [-0.2, 0) is 14.6 Å². The lowest BCUT2D eigenvalue weighted by Crippen LogP contribution is -2.49. The molecular weight excluding hydrogens is 390 g/mol. The second-order valence-corrected chi connectivity index (χ2v) is 9.85. The first-order chi connectivity index (χ1) is 13.9. The number of carbonyl (C=O) groups excluding carboxylic acids is 2. The minimum Gasteiger partial charge on any atom is -0.465 e. The summed E-state index contributed by atoms with van der Waals surface area (Å²) in [6.45, 7) is 0. The van der Waals surface area contributed by atoms with Gasteiger partial charge in [0.05, 0.1) is 22.8 Å². The lowest BCUT2D eigenvalue weighted by atomic mass is 10.0. The summed E-state index contributed by atoms with van der Waals surface area (Å²) in [7, 11) is -2.10. The highest BCUT2D eigenvalue weighted by Crippen LogP contribution is 2.40. The first-order valence-electron chi connectivity index (χ1n) is 9.72. The fraction of sp³-hybridized carbons (Fsp3) is 0.364. The molecule has 2 atom stereocenters. The summed E-state index contributed by atoms with van der Waals surface area (Å²) in [4.78, 5) is 26.9. The van der Waals surface area contributed by atoms with Gasteiger partial charge in [-0.25, -0.2) is 13.2 Å². The molecule has 1 amide bonds. The van der Waals surface area contributed by atoms with Crippen molar-refractivity contribution in [1.82, 2.24) is 4.90 Å². The van der Waals surface area contributed by atoms with Gasteiger partial charge in [-0.1, -0.05) is 18.2 Å². The summed E-state index contributed by atoms with van der Waals surface area (Å²) in [6.07, 6.45) is 2.55. The van der Waals surface area contributed by atoms with Crippen molar-refractivity contribution < 1.29 is 22.7 Å². The number of ether oxygens (including phenoxy) is 1. The molecule has 6 nitrogen and oxygen atoms in total. The molecule has 152 valence electrons. The molecule has 2 unspecified atom stereocenters. The summed E-state index contributed by atoms with van der Waals surface area (Å²) >= 11 is 0. The zero-order valence-electron chi connectivity index (χ0n) is 16.2. The van der Waals surface area contributed by atoms with E-state index < -0.39 is 21.1 Å². The summed E-state index contributed by atoms with van der Waals surface area (Å²) in [5.41, 5.74) is 0.888. The zero-order valence-corrected chi connectivity index (χ0v) is 17.0. The number of sulfone groups is 1. The first-order valence-corrected chi connectivity index (χ1v) is 11.3. The highest BCUT2D eigenvalue weighted by Gasteiger charge is 2.47. The Morgan fingerprint density at radius 1 is 0.897 bits per heavy atom. The van der Waals surface area contributed by atoms with Gasteiger partial charge in [0.2, 0.25) is 0 Å².